The zero-order valence-corrected chi connectivity index (χ0v) is 9.88. The van der Waals surface area contributed by atoms with Crippen LogP contribution in [-0.4, -0.2) is 11.7 Å². The van der Waals surface area contributed by atoms with Gasteiger partial charge in [-0.25, -0.2) is 0 Å². The molecule has 2 heteroatoms. The largest absolute Gasteiger partial charge is 0.508 e. The van der Waals surface area contributed by atoms with E-state index < -0.39 is 0 Å². The zero-order chi connectivity index (χ0) is 11.7. The summed E-state index contributed by atoms with van der Waals surface area (Å²) in [6.07, 6.45) is 0. The number of aromatic hydroxyl groups is 1. The van der Waals surface area contributed by atoms with Crippen LogP contribution in [0.5, 0.6) is 5.75 Å². The van der Waals surface area contributed by atoms with Gasteiger partial charge in [-0.05, 0) is 24.6 Å². The monoisotopic (exact) mass is 207 g/mol. The number of nitrogens with one attached hydrogen (secondary N) is 1. The Labute approximate surface area is 92.6 Å². The summed E-state index contributed by atoms with van der Waals surface area (Å²) < 4.78 is 0. The molecule has 84 valence electrons. The van der Waals surface area contributed by atoms with E-state index in [-0.39, 0.29) is 0 Å². The van der Waals surface area contributed by atoms with Crippen LogP contribution in [0, 0.1) is 0 Å². The van der Waals surface area contributed by atoms with Crippen LogP contribution >= 0.6 is 0 Å². The molecule has 0 bridgehead atoms. The minimum atomic E-state index is 0.309. The number of hydrogen-bond donors (Lipinski definition) is 2. The second-order valence-electron chi connectivity index (χ2n) is 3.23. The van der Waals surface area contributed by atoms with Gasteiger partial charge in [-0.1, -0.05) is 38.1 Å². The summed E-state index contributed by atoms with van der Waals surface area (Å²) in [6, 6.07) is 7.19. The lowest BCUT2D eigenvalue weighted by Gasteiger charge is -2.03. The fourth-order valence-electron chi connectivity index (χ4n) is 1.03. The first-order chi connectivity index (χ1) is 7.18. The molecule has 0 aliphatic carbocycles. The van der Waals surface area contributed by atoms with Gasteiger partial charge in [0.05, 0.1) is 0 Å². The van der Waals surface area contributed by atoms with E-state index in [4.69, 9.17) is 5.11 Å². The molecule has 0 saturated heterocycles. The Kier molecular flexibility index (Phi) is 7.38. The molecular weight excluding hydrogens is 186 g/mol. The van der Waals surface area contributed by atoms with E-state index in [1.54, 1.807) is 12.1 Å². The highest BCUT2D eigenvalue weighted by Crippen LogP contribution is 2.08. The SMILES string of the molecule is C=C(C)CNCc1ccc(O)cc1.CC. The molecule has 0 aromatic heterocycles. The molecule has 1 aromatic carbocycles. The highest BCUT2D eigenvalue weighted by Gasteiger charge is 1.92. The number of benzene rings is 1. The van der Waals surface area contributed by atoms with Crippen molar-refractivity contribution < 1.29 is 5.11 Å². The molecule has 0 saturated carbocycles. The fraction of sp³-hybridized carbons (Fsp3) is 0.385. The quantitative estimate of drug-likeness (QED) is 0.744. The zero-order valence-electron chi connectivity index (χ0n) is 9.88. The van der Waals surface area contributed by atoms with Gasteiger partial charge >= 0.3 is 0 Å². The lowest BCUT2D eigenvalue weighted by atomic mass is 10.2. The Morgan fingerprint density at radius 2 is 1.80 bits per heavy atom. The van der Waals surface area contributed by atoms with Gasteiger partial charge in [0, 0.05) is 13.1 Å². The third kappa shape index (κ3) is 6.75. The number of hydrogen-bond acceptors (Lipinski definition) is 2. The minimum absolute atomic E-state index is 0.309. The van der Waals surface area contributed by atoms with Gasteiger partial charge < -0.3 is 10.4 Å². The summed E-state index contributed by atoms with van der Waals surface area (Å²) in [5.74, 6) is 0.309. The van der Waals surface area contributed by atoms with Crippen LogP contribution in [0.25, 0.3) is 0 Å². The van der Waals surface area contributed by atoms with Crippen LogP contribution < -0.4 is 5.32 Å². The first-order valence-electron chi connectivity index (χ1n) is 5.31. The Balaban J connectivity index is 0.000000921. The number of phenolic OH excluding ortho intramolecular Hbond substituents is 1. The highest BCUT2D eigenvalue weighted by atomic mass is 16.3. The van der Waals surface area contributed by atoms with Crippen molar-refractivity contribution in [1.82, 2.24) is 5.32 Å². The van der Waals surface area contributed by atoms with Gasteiger partial charge in [-0.2, -0.15) is 0 Å². The molecule has 1 aromatic rings. The van der Waals surface area contributed by atoms with E-state index in [1.165, 1.54) is 5.56 Å². The predicted molar refractivity (Wildman–Crippen MR) is 66.0 cm³/mol. The van der Waals surface area contributed by atoms with E-state index >= 15 is 0 Å². The Morgan fingerprint density at radius 3 is 2.27 bits per heavy atom. The maximum Gasteiger partial charge on any atom is 0.115 e. The summed E-state index contributed by atoms with van der Waals surface area (Å²) in [5.41, 5.74) is 2.29. The van der Waals surface area contributed by atoms with Crippen LogP contribution in [0.15, 0.2) is 36.4 Å². The van der Waals surface area contributed by atoms with Crippen LogP contribution in [0.4, 0.5) is 0 Å². The van der Waals surface area contributed by atoms with Gasteiger partial charge in [0.25, 0.3) is 0 Å². The fourth-order valence-corrected chi connectivity index (χ4v) is 1.03. The smallest absolute Gasteiger partial charge is 0.115 e. The van der Waals surface area contributed by atoms with Crippen molar-refractivity contribution in [3.8, 4) is 5.75 Å². The van der Waals surface area contributed by atoms with Gasteiger partial charge in [0.1, 0.15) is 5.75 Å². The van der Waals surface area contributed by atoms with Crippen molar-refractivity contribution in [2.24, 2.45) is 0 Å². The summed E-state index contributed by atoms with van der Waals surface area (Å²) >= 11 is 0. The van der Waals surface area contributed by atoms with E-state index in [2.05, 4.69) is 11.9 Å². The average molecular weight is 207 g/mol. The minimum Gasteiger partial charge on any atom is -0.508 e. The van der Waals surface area contributed by atoms with Crippen molar-refractivity contribution in [3.05, 3.63) is 42.0 Å². The number of rotatable bonds is 4. The van der Waals surface area contributed by atoms with Gasteiger partial charge in [-0.15, -0.1) is 0 Å². The molecule has 0 radical (unpaired) electrons. The topological polar surface area (TPSA) is 32.3 Å². The van der Waals surface area contributed by atoms with Crippen molar-refractivity contribution in [3.63, 3.8) is 0 Å². The molecule has 2 N–H and O–H groups in total. The maximum atomic E-state index is 9.04. The standard InChI is InChI=1S/C11H15NO.C2H6/c1-9(2)7-12-8-10-3-5-11(13)6-4-10;1-2/h3-6,12-13H,1,7-8H2,2H3;1-2H3. The van der Waals surface area contributed by atoms with Crippen molar-refractivity contribution >= 4 is 0 Å². The lowest BCUT2D eigenvalue weighted by molar-refractivity contribution is 0.475. The molecule has 0 atom stereocenters. The Morgan fingerprint density at radius 1 is 1.27 bits per heavy atom. The molecule has 0 spiro atoms. The molecule has 0 heterocycles. The van der Waals surface area contributed by atoms with Crippen LogP contribution in [0.3, 0.4) is 0 Å². The normalized spacial score (nSPS) is 9.00. The molecule has 1 rings (SSSR count). The third-order valence-corrected chi connectivity index (χ3v) is 1.69. The first kappa shape index (κ1) is 13.7. The Hall–Kier alpha value is -1.28. The van der Waals surface area contributed by atoms with E-state index in [0.717, 1.165) is 18.7 Å². The molecule has 15 heavy (non-hydrogen) atoms. The van der Waals surface area contributed by atoms with E-state index in [9.17, 15) is 0 Å². The van der Waals surface area contributed by atoms with Crippen molar-refractivity contribution in [2.75, 3.05) is 6.54 Å². The van der Waals surface area contributed by atoms with Gasteiger partial charge in [-0.3, -0.25) is 0 Å². The van der Waals surface area contributed by atoms with Crippen LogP contribution in [0.1, 0.15) is 26.3 Å². The molecular formula is C13H21NO. The summed E-state index contributed by atoms with van der Waals surface area (Å²) in [4.78, 5) is 0. The highest BCUT2D eigenvalue weighted by molar-refractivity contribution is 5.25. The lowest BCUT2D eigenvalue weighted by Crippen LogP contribution is -2.14. The van der Waals surface area contributed by atoms with Gasteiger partial charge in [0.15, 0.2) is 0 Å². The maximum absolute atomic E-state index is 9.04. The second-order valence-corrected chi connectivity index (χ2v) is 3.23. The summed E-state index contributed by atoms with van der Waals surface area (Å²) in [5, 5.41) is 12.3. The molecule has 0 fully saturated rings. The summed E-state index contributed by atoms with van der Waals surface area (Å²) in [6.45, 7) is 11.4. The van der Waals surface area contributed by atoms with Crippen molar-refractivity contribution in [1.29, 1.82) is 0 Å². The average Bonchev–Trinajstić information content (AvgIpc) is 2.23. The molecule has 2 nitrogen and oxygen atoms in total. The molecule has 0 aliphatic heterocycles. The van der Waals surface area contributed by atoms with Crippen LogP contribution in [0.2, 0.25) is 0 Å². The van der Waals surface area contributed by atoms with E-state index in [1.807, 2.05) is 32.9 Å². The first-order valence-corrected chi connectivity index (χ1v) is 5.31. The summed E-state index contributed by atoms with van der Waals surface area (Å²) in [7, 11) is 0. The molecule has 0 amide bonds. The Bertz CT molecular complexity index is 277. The van der Waals surface area contributed by atoms with Crippen LogP contribution in [-0.2, 0) is 6.54 Å². The number of phenols is 1. The molecule has 0 aliphatic rings. The third-order valence-electron chi connectivity index (χ3n) is 1.69. The van der Waals surface area contributed by atoms with Gasteiger partial charge in [0.2, 0.25) is 0 Å². The second kappa shape index (κ2) is 8.06. The van der Waals surface area contributed by atoms with Crippen molar-refractivity contribution in [2.45, 2.75) is 27.3 Å². The van der Waals surface area contributed by atoms with E-state index in [0.29, 0.717) is 5.75 Å². The molecule has 0 unspecified atom stereocenters. The predicted octanol–water partition coefficient (Wildman–Crippen LogP) is 3.08.